The van der Waals surface area contributed by atoms with Gasteiger partial charge in [-0.1, -0.05) is 404 Å². The van der Waals surface area contributed by atoms with Crippen LogP contribution in [0, 0.1) is 27.7 Å². The molecule has 0 aliphatic heterocycles. The highest BCUT2D eigenvalue weighted by atomic mass is 32.0. The number of furan rings is 2. The third-order valence-electron chi connectivity index (χ3n) is 32.0. The van der Waals surface area contributed by atoms with Crippen LogP contribution in [0.5, 0.6) is 11.5 Å². The summed E-state index contributed by atoms with van der Waals surface area (Å²) in [6.07, 6.45) is 60.2. The molecule has 0 bridgehead atoms. The number of unbranched alkanes of at least 4 members (excludes halogenated alkanes) is 30. The van der Waals surface area contributed by atoms with Gasteiger partial charge in [0.2, 0.25) is 0 Å². The lowest BCUT2D eigenvalue weighted by Crippen LogP contribution is -2.27. The molecule has 11 aromatic carbocycles. The largest absolute Gasteiger partial charge is 0.494 e. The quantitative estimate of drug-likeness (QED) is 0.0276. The molecule has 0 spiro atoms. The summed E-state index contributed by atoms with van der Waals surface area (Å²) in [6, 6.07) is 96.6. The van der Waals surface area contributed by atoms with Crippen molar-refractivity contribution in [1.29, 1.82) is 0 Å². The second-order valence-electron chi connectivity index (χ2n) is 43.0. The summed E-state index contributed by atoms with van der Waals surface area (Å²) in [5.74, 6) is 3.40. The van der Waals surface area contributed by atoms with Crippen LogP contribution in [0.4, 0.5) is 34.1 Å². The maximum Gasteiger partial charge on any atom is 0.129 e. The van der Waals surface area contributed by atoms with Crippen molar-refractivity contribution in [2.75, 3.05) is 36.2 Å². The van der Waals surface area contributed by atoms with Gasteiger partial charge in [0.1, 0.15) is 36.2 Å². The summed E-state index contributed by atoms with van der Waals surface area (Å²) in [5.41, 5.74) is 35.9. The van der Waals surface area contributed by atoms with E-state index in [-0.39, 0.29) is 26.1 Å². The van der Waals surface area contributed by atoms with Crippen LogP contribution < -0.4 is 19.3 Å². The van der Waals surface area contributed by atoms with Gasteiger partial charge in [0.25, 0.3) is 0 Å². The van der Waals surface area contributed by atoms with E-state index in [2.05, 4.69) is 327 Å². The Morgan fingerprint density at radius 2 is 0.466 bits per heavy atom. The van der Waals surface area contributed by atoms with Gasteiger partial charge >= 0.3 is 0 Å². The number of nitrogens with zero attached hydrogens (tertiary/aromatic N) is 2. The van der Waals surface area contributed by atoms with Crippen molar-refractivity contribution in [3.8, 4) is 67.1 Å². The molecule has 8 nitrogen and oxygen atoms in total. The molecule has 16 rings (SSSR count). The summed E-state index contributed by atoms with van der Waals surface area (Å²) in [5, 5.41) is 0. The Morgan fingerprint density at radius 1 is 0.230 bits per heavy atom. The minimum atomic E-state index is -0.0356. The van der Waals surface area contributed by atoms with E-state index in [1.165, 1.54) is 336 Å². The molecule has 0 fully saturated rings. The third-order valence-corrected chi connectivity index (χ3v) is 32.0. The summed E-state index contributed by atoms with van der Waals surface area (Å²) in [4.78, 5) is 4.71. The van der Waals surface area contributed by atoms with Gasteiger partial charge in [0.05, 0.1) is 39.0 Å². The number of benzene rings is 11. The lowest BCUT2D eigenvalue weighted by atomic mass is 9.68. The maximum absolute atomic E-state index is 6.20. The molecule has 3 aliphatic rings. The van der Waals surface area contributed by atoms with Gasteiger partial charge in [-0.3, -0.25) is 0 Å². The zero-order valence-corrected chi connectivity index (χ0v) is 96.2. The van der Waals surface area contributed by atoms with Crippen molar-refractivity contribution in [1.82, 2.24) is 0 Å². The van der Waals surface area contributed by atoms with E-state index in [9.17, 15) is 0 Å². The first-order valence-corrected chi connectivity index (χ1v) is 60.6. The van der Waals surface area contributed by atoms with Crippen molar-refractivity contribution in [3.63, 3.8) is 0 Å². The Morgan fingerprint density at radius 3 is 0.750 bits per heavy atom. The summed E-state index contributed by atoms with van der Waals surface area (Å²) >= 11 is 0. The Balaban J connectivity index is 0.000000253. The Hall–Kier alpha value is -9.61. The van der Waals surface area contributed by atoms with E-state index >= 15 is 0 Å². The van der Waals surface area contributed by atoms with Gasteiger partial charge < -0.3 is 37.6 Å². The number of rotatable bonds is 64. The average molecular weight is 2040 g/mol. The van der Waals surface area contributed by atoms with Gasteiger partial charge in [-0.25, -0.2) is 0 Å². The number of anilines is 6. The molecule has 11 heteroatoms. The predicted molar refractivity (Wildman–Crippen MR) is 646 cm³/mol. The van der Waals surface area contributed by atoms with Crippen LogP contribution in [0.25, 0.3) is 55.6 Å². The SMILES string of the molecule is CCCCCCCCC1(CCCCCCCC)c2cc(C)ccc2-c2cc3c(cc21)-c1ccc(-c2ccc(N(c4ccc(C)cc4)c4ccc(OCCCOCc5ccco5)cc4)cc2)cc1C3(CCCCCCCC)CCCCCCCC.CCCCCCCCC1(CCCCCCCC)c2cc(C)ccc2-c2ccc(-c3ccc(N(c4ccc(C)cc4)c4ccc(OCCCOCc5ccco5)cc4)cc3)cc21.P.PP. The molecule has 0 amide bonds. The van der Waals surface area contributed by atoms with Crippen molar-refractivity contribution in [2.45, 2.75) is 381 Å². The summed E-state index contributed by atoms with van der Waals surface area (Å²) < 4.78 is 34.6. The predicted octanol–water partition coefficient (Wildman–Crippen LogP) is 42.1. The fourth-order valence-corrected chi connectivity index (χ4v) is 23.9. The highest BCUT2D eigenvalue weighted by molar-refractivity contribution is 7.92. The van der Waals surface area contributed by atoms with Gasteiger partial charge in [-0.05, 0) is 301 Å². The molecule has 0 saturated carbocycles. The number of aryl methyl sites for hydroxylation is 4. The highest BCUT2D eigenvalue weighted by Crippen LogP contribution is 2.63. The summed E-state index contributed by atoms with van der Waals surface area (Å²) in [6.45, 7) is 26.3. The Labute approximate surface area is 902 Å². The molecule has 2 heterocycles. The first-order chi connectivity index (χ1) is 72.3. The van der Waals surface area contributed by atoms with Crippen molar-refractivity contribution in [3.05, 3.63) is 334 Å². The second-order valence-corrected chi connectivity index (χ2v) is 43.0. The molecular weight excluding hydrogens is 1860 g/mol. The van der Waals surface area contributed by atoms with Crippen molar-refractivity contribution < 1.29 is 27.8 Å². The fraction of sp³-hybridized carbons (Fsp3) is 0.460. The number of hydrogen-bond acceptors (Lipinski definition) is 8. The highest BCUT2D eigenvalue weighted by Gasteiger charge is 2.49. The molecule has 0 saturated heterocycles. The van der Waals surface area contributed by atoms with Gasteiger partial charge in [0.15, 0.2) is 0 Å². The molecule has 0 N–H and O–H groups in total. The number of fused-ring (bicyclic) bond motifs is 9. The average Bonchev–Trinajstić information content (AvgIpc) is 1.52. The van der Waals surface area contributed by atoms with Crippen LogP contribution in [0.1, 0.15) is 391 Å². The fourth-order valence-electron chi connectivity index (χ4n) is 23.9. The van der Waals surface area contributed by atoms with Crippen LogP contribution in [0.2, 0.25) is 0 Å². The van der Waals surface area contributed by atoms with Crippen LogP contribution in [-0.2, 0) is 38.9 Å². The van der Waals surface area contributed by atoms with E-state index in [0.29, 0.717) is 39.6 Å². The number of hydrogen-bond donors (Lipinski definition) is 0. The van der Waals surface area contributed by atoms with Crippen LogP contribution in [0.15, 0.2) is 276 Å². The number of ether oxygens (including phenoxy) is 4. The summed E-state index contributed by atoms with van der Waals surface area (Å²) in [7, 11) is 4.67. The second kappa shape index (κ2) is 61.2. The van der Waals surface area contributed by atoms with E-state index in [1.807, 2.05) is 24.3 Å². The van der Waals surface area contributed by atoms with Crippen molar-refractivity contribution in [2.24, 2.45) is 0 Å². The Kier molecular flexibility index (Phi) is 47.7. The van der Waals surface area contributed by atoms with E-state index in [1.54, 1.807) is 57.0 Å². The van der Waals surface area contributed by atoms with E-state index in [0.717, 1.165) is 70.0 Å². The molecule has 13 aromatic rings. The molecule has 790 valence electrons. The van der Waals surface area contributed by atoms with Gasteiger partial charge in [-0.15, -0.1) is 17.9 Å². The van der Waals surface area contributed by atoms with Crippen LogP contribution >= 0.6 is 27.8 Å². The molecule has 3 atom stereocenters. The standard InChI is InChI=1S/C80H105NO3.C57H69NO3.H4P2.H3P/c1-7-11-15-19-23-27-50-79(51-28-24-20-16-12-8-2)75-57-63(6)36-48-71(75)73-59-78-74(60-77(73)79)72-49-39-65(58-76(72)80(78,52-29-25-21-17-13-9-3)53-30-26-22-18-14-10-4)64-37-42-67(43-38-64)81(66-40-34-62(5)35-41-66)68-44-46-69(47-45-68)83-56-32-54-82-61-70-33-31-55-84-70;1-5-7-9-11-13-15-36-57(37-16-14-12-10-8-6-2)55-41-45(4)22-34-53(55)54-35-25-47(42-56(54)57)46-23-28-49(29-24-46)58(48-26-20-44(3)21-27-48)50-30-32-51(33-31-50)60-40-18-38-59-43-52-19-17-39-61-52;1-2;/h31,33-49,55,57-60H,7-30,32,50-54,56,61H2,1-6H3;17,19-35,39,41-42H,5-16,18,36-38,40,43H2,1-4H3;1-2H2;1H3. The molecule has 3 aliphatic carbocycles. The molecular formula is C137H181N2O6P3. The molecule has 148 heavy (non-hydrogen) atoms. The van der Waals surface area contributed by atoms with E-state index < -0.39 is 0 Å². The lowest BCUT2D eigenvalue weighted by molar-refractivity contribution is 0.0943. The molecule has 0 radical (unpaired) electrons. The monoisotopic (exact) mass is 2040 g/mol. The minimum Gasteiger partial charge on any atom is -0.494 e. The zero-order chi connectivity index (χ0) is 103. The first kappa shape index (κ1) is 115. The maximum atomic E-state index is 6.20. The van der Waals surface area contributed by atoms with Gasteiger partial charge in [-0.2, -0.15) is 9.90 Å². The molecule has 2 aromatic heterocycles. The smallest absolute Gasteiger partial charge is 0.129 e. The molecule has 3 unspecified atom stereocenters. The van der Waals surface area contributed by atoms with Crippen LogP contribution in [0.3, 0.4) is 0 Å². The minimum absolute atomic E-state index is 0. The first-order valence-electron chi connectivity index (χ1n) is 58.0. The van der Waals surface area contributed by atoms with Crippen LogP contribution in [-0.4, -0.2) is 26.4 Å². The topological polar surface area (TPSA) is 69.7 Å². The third kappa shape index (κ3) is 30.9. The van der Waals surface area contributed by atoms with E-state index in [4.69, 9.17) is 27.8 Å². The lowest BCUT2D eigenvalue weighted by Gasteiger charge is -2.35. The normalized spacial score (nSPS) is 12.9. The van der Waals surface area contributed by atoms with Gasteiger partial charge in [0, 0.05) is 63.2 Å². The van der Waals surface area contributed by atoms with Crippen molar-refractivity contribution >= 4 is 61.9 Å². The zero-order valence-electron chi connectivity index (χ0n) is 92.5. The Bertz CT molecular complexity index is 5940.